The number of ether oxygens (including phenoxy) is 1. The summed E-state index contributed by atoms with van der Waals surface area (Å²) in [5.74, 6) is -0.179. The van der Waals surface area contributed by atoms with Crippen molar-refractivity contribution < 1.29 is 14.3 Å². The number of esters is 1. The minimum Gasteiger partial charge on any atom is -0.465 e. The second-order valence-electron chi connectivity index (χ2n) is 8.48. The van der Waals surface area contributed by atoms with Gasteiger partial charge in [0.25, 0.3) is 0 Å². The van der Waals surface area contributed by atoms with E-state index in [1.165, 1.54) is 29.4 Å². The Morgan fingerprint density at radius 3 is 2.68 bits per heavy atom. The number of carbonyl (C=O) groups is 2. The van der Waals surface area contributed by atoms with Crippen molar-refractivity contribution in [3.8, 4) is 0 Å². The number of hydrogen-bond donors (Lipinski definition) is 1. The molecule has 1 atom stereocenters. The van der Waals surface area contributed by atoms with E-state index in [1.54, 1.807) is 24.3 Å². The van der Waals surface area contributed by atoms with Crippen LogP contribution < -0.4 is 5.32 Å². The molecule has 166 valence electrons. The van der Waals surface area contributed by atoms with E-state index in [4.69, 9.17) is 27.9 Å². The van der Waals surface area contributed by atoms with Crippen molar-refractivity contribution in [2.24, 2.45) is 11.3 Å². The topological polar surface area (TPSA) is 55.4 Å². The summed E-state index contributed by atoms with van der Waals surface area (Å²) in [6.07, 6.45) is 6.94. The summed E-state index contributed by atoms with van der Waals surface area (Å²) >= 11 is 13.4. The number of methoxy groups -OCH3 is 1. The lowest BCUT2D eigenvalue weighted by molar-refractivity contribution is -0.111. The van der Waals surface area contributed by atoms with E-state index in [9.17, 15) is 9.59 Å². The summed E-state index contributed by atoms with van der Waals surface area (Å²) < 4.78 is 5.02. The molecule has 1 heterocycles. The Hall–Kier alpha value is -1.82. The smallest absolute Gasteiger partial charge is 0.341 e. The van der Waals surface area contributed by atoms with Gasteiger partial charge in [0, 0.05) is 11.0 Å². The minimum atomic E-state index is -0.408. The van der Waals surface area contributed by atoms with Gasteiger partial charge < -0.3 is 10.1 Å². The average Bonchev–Trinajstić information content (AvgIpc) is 3.10. The highest BCUT2D eigenvalue weighted by atomic mass is 35.5. The van der Waals surface area contributed by atoms with Gasteiger partial charge in [-0.05, 0) is 59.9 Å². The highest BCUT2D eigenvalue weighted by molar-refractivity contribution is 7.17. The van der Waals surface area contributed by atoms with Gasteiger partial charge in [0.1, 0.15) is 5.00 Å². The second kappa shape index (κ2) is 9.76. The maximum Gasteiger partial charge on any atom is 0.341 e. The first kappa shape index (κ1) is 23.8. The van der Waals surface area contributed by atoms with Crippen molar-refractivity contribution >= 4 is 57.5 Å². The van der Waals surface area contributed by atoms with Crippen LogP contribution in [0.15, 0.2) is 24.3 Å². The first-order valence-corrected chi connectivity index (χ1v) is 11.9. The summed E-state index contributed by atoms with van der Waals surface area (Å²) in [5, 5.41) is 4.31. The van der Waals surface area contributed by atoms with E-state index in [2.05, 4.69) is 26.1 Å². The van der Waals surface area contributed by atoms with Crippen LogP contribution in [0, 0.1) is 11.3 Å². The molecule has 0 saturated carbocycles. The SMILES string of the molecule is CCC(C)(C)C1CCc2c(sc(NC(=O)C=Cc3ccc(Cl)c(Cl)c3)c2C(=O)OC)C1. The van der Waals surface area contributed by atoms with E-state index >= 15 is 0 Å². The fourth-order valence-corrected chi connectivity index (χ4v) is 5.51. The van der Waals surface area contributed by atoms with Crippen molar-refractivity contribution in [3.63, 3.8) is 0 Å². The highest BCUT2D eigenvalue weighted by Gasteiger charge is 2.35. The van der Waals surface area contributed by atoms with Gasteiger partial charge in [0.05, 0.1) is 22.7 Å². The number of hydrogen-bond acceptors (Lipinski definition) is 4. The Kier molecular flexibility index (Phi) is 7.51. The van der Waals surface area contributed by atoms with Gasteiger partial charge in [-0.2, -0.15) is 0 Å². The molecule has 0 radical (unpaired) electrons. The molecule has 4 nitrogen and oxygen atoms in total. The molecule has 1 aliphatic rings. The third-order valence-electron chi connectivity index (χ3n) is 6.28. The van der Waals surface area contributed by atoms with Crippen molar-refractivity contribution in [2.75, 3.05) is 12.4 Å². The van der Waals surface area contributed by atoms with Gasteiger partial charge in [-0.25, -0.2) is 4.79 Å². The molecular weight excluding hydrogens is 453 g/mol. The van der Waals surface area contributed by atoms with Gasteiger partial charge in [-0.15, -0.1) is 11.3 Å². The van der Waals surface area contributed by atoms with Crippen LogP contribution >= 0.6 is 34.5 Å². The first-order chi connectivity index (χ1) is 14.7. The standard InChI is InChI=1S/C24H27Cl2NO3S/c1-5-24(2,3)15-8-9-16-19(13-15)31-22(21(16)23(29)30-4)27-20(28)11-7-14-6-10-17(25)18(26)12-14/h6-7,10-12,15H,5,8-9,13H2,1-4H3,(H,27,28). The normalized spacial score (nSPS) is 16.3. The zero-order valence-electron chi connectivity index (χ0n) is 18.2. The Morgan fingerprint density at radius 2 is 2.03 bits per heavy atom. The molecular formula is C24H27Cl2NO3S. The molecule has 0 saturated heterocycles. The van der Waals surface area contributed by atoms with Crippen LogP contribution in [-0.2, 0) is 22.4 Å². The Balaban J connectivity index is 1.84. The van der Waals surface area contributed by atoms with E-state index in [0.29, 0.717) is 26.5 Å². The highest BCUT2D eigenvalue weighted by Crippen LogP contribution is 2.45. The van der Waals surface area contributed by atoms with Gasteiger partial charge in [-0.1, -0.05) is 56.5 Å². The lowest BCUT2D eigenvalue weighted by Crippen LogP contribution is -2.28. The predicted molar refractivity (Wildman–Crippen MR) is 129 cm³/mol. The number of amides is 1. The molecule has 0 aliphatic heterocycles. The van der Waals surface area contributed by atoms with Crippen LogP contribution in [0.5, 0.6) is 0 Å². The van der Waals surface area contributed by atoms with Gasteiger partial charge >= 0.3 is 5.97 Å². The molecule has 1 aliphatic carbocycles. The minimum absolute atomic E-state index is 0.235. The maximum absolute atomic E-state index is 12.6. The van der Waals surface area contributed by atoms with Crippen LogP contribution in [0.3, 0.4) is 0 Å². The number of thiophene rings is 1. The van der Waals surface area contributed by atoms with Gasteiger partial charge in [-0.3, -0.25) is 4.79 Å². The molecule has 31 heavy (non-hydrogen) atoms. The number of carbonyl (C=O) groups excluding carboxylic acids is 2. The predicted octanol–water partition coefficient (Wildman–Crippen LogP) is 7.03. The fraction of sp³-hybridized carbons (Fsp3) is 0.417. The summed E-state index contributed by atoms with van der Waals surface area (Å²) in [7, 11) is 1.37. The number of halogens is 2. The molecule has 2 aromatic rings. The number of benzene rings is 1. The Labute approximate surface area is 197 Å². The number of rotatable bonds is 6. The van der Waals surface area contributed by atoms with E-state index in [-0.39, 0.29) is 11.3 Å². The summed E-state index contributed by atoms with van der Waals surface area (Å²) in [6.45, 7) is 6.82. The van der Waals surface area contributed by atoms with Gasteiger partial charge in [0.2, 0.25) is 5.91 Å². The quantitative estimate of drug-likeness (QED) is 0.357. The molecule has 7 heteroatoms. The van der Waals surface area contributed by atoms with E-state index in [0.717, 1.165) is 36.8 Å². The molecule has 1 aromatic heterocycles. The number of anilines is 1. The zero-order chi connectivity index (χ0) is 22.8. The van der Waals surface area contributed by atoms with Gasteiger partial charge in [0.15, 0.2) is 0 Å². The first-order valence-electron chi connectivity index (χ1n) is 10.3. The third kappa shape index (κ3) is 5.33. The second-order valence-corrected chi connectivity index (χ2v) is 10.4. The lowest BCUT2D eigenvalue weighted by atomic mass is 9.69. The average molecular weight is 480 g/mol. The molecule has 0 bridgehead atoms. The van der Waals surface area contributed by atoms with Crippen molar-refractivity contribution in [3.05, 3.63) is 55.9 Å². The lowest BCUT2D eigenvalue weighted by Gasteiger charge is -2.36. The zero-order valence-corrected chi connectivity index (χ0v) is 20.5. The van der Waals surface area contributed by atoms with Crippen LogP contribution in [0.1, 0.15) is 60.0 Å². The summed E-state index contributed by atoms with van der Waals surface area (Å²) in [5.41, 5.74) is 2.50. The number of nitrogens with one attached hydrogen (secondary N) is 1. The van der Waals surface area contributed by atoms with Crippen LogP contribution in [0.25, 0.3) is 6.08 Å². The monoisotopic (exact) mass is 479 g/mol. The molecule has 1 amide bonds. The molecule has 1 aromatic carbocycles. The Bertz CT molecular complexity index is 1030. The van der Waals surface area contributed by atoms with Crippen LogP contribution in [-0.4, -0.2) is 19.0 Å². The maximum atomic E-state index is 12.6. The molecule has 1 unspecified atom stereocenters. The molecule has 0 spiro atoms. The van der Waals surface area contributed by atoms with Crippen molar-refractivity contribution in [2.45, 2.75) is 46.5 Å². The van der Waals surface area contributed by atoms with Crippen molar-refractivity contribution in [1.82, 2.24) is 0 Å². The molecule has 3 rings (SSSR count). The summed E-state index contributed by atoms with van der Waals surface area (Å²) in [4.78, 5) is 26.3. The van der Waals surface area contributed by atoms with E-state index in [1.807, 2.05) is 0 Å². The van der Waals surface area contributed by atoms with E-state index < -0.39 is 5.97 Å². The Morgan fingerprint density at radius 1 is 1.29 bits per heavy atom. The van der Waals surface area contributed by atoms with Crippen LogP contribution in [0.2, 0.25) is 10.0 Å². The molecule has 0 fully saturated rings. The van der Waals surface area contributed by atoms with Crippen LogP contribution in [0.4, 0.5) is 5.00 Å². The third-order valence-corrected chi connectivity index (χ3v) is 8.19. The largest absolute Gasteiger partial charge is 0.465 e. The van der Waals surface area contributed by atoms with Crippen molar-refractivity contribution in [1.29, 1.82) is 0 Å². The number of fused-ring (bicyclic) bond motifs is 1. The molecule has 1 N–H and O–H groups in total. The summed E-state index contributed by atoms with van der Waals surface area (Å²) in [6, 6.07) is 5.14. The fourth-order valence-electron chi connectivity index (χ4n) is 3.89.